The van der Waals surface area contributed by atoms with Crippen LogP contribution in [-0.4, -0.2) is 21.0 Å². The number of carbonyl (C=O) groups is 1. The third kappa shape index (κ3) is 5.71. The lowest BCUT2D eigenvalue weighted by molar-refractivity contribution is 0.262. The molecule has 0 radical (unpaired) electrons. The molecule has 0 spiro atoms. The molecule has 7 heteroatoms. The van der Waals surface area contributed by atoms with Crippen molar-refractivity contribution in [1.82, 2.24) is 15.0 Å². The molecule has 0 atom stereocenters. The number of benzene rings is 2. The zero-order valence-electron chi connectivity index (χ0n) is 18.7. The fourth-order valence-electron chi connectivity index (χ4n) is 3.12. The number of nitrogens with zero attached hydrogens (tertiary/aromatic N) is 3. The van der Waals surface area contributed by atoms with Gasteiger partial charge in [0.2, 0.25) is 0 Å². The van der Waals surface area contributed by atoms with E-state index in [1.165, 1.54) is 0 Å². The number of carbonyl (C=O) groups excluding carboxylic acids is 1. The van der Waals surface area contributed by atoms with Gasteiger partial charge < -0.3 is 15.4 Å². The fraction of sp³-hybridized carbons (Fsp3) is 0.154. The molecule has 166 valence electrons. The lowest BCUT2D eigenvalue weighted by atomic mass is 9.95. The van der Waals surface area contributed by atoms with Gasteiger partial charge in [0.05, 0.1) is 23.8 Å². The van der Waals surface area contributed by atoms with Crippen molar-refractivity contribution >= 4 is 17.4 Å². The molecule has 0 fully saturated rings. The van der Waals surface area contributed by atoms with Gasteiger partial charge in [-0.1, -0.05) is 57.2 Å². The third-order valence-electron chi connectivity index (χ3n) is 4.72. The van der Waals surface area contributed by atoms with Gasteiger partial charge in [-0.2, -0.15) is 0 Å². The van der Waals surface area contributed by atoms with Gasteiger partial charge >= 0.3 is 6.03 Å². The topological polar surface area (TPSA) is 89.0 Å². The molecule has 7 nitrogen and oxygen atoms in total. The van der Waals surface area contributed by atoms with Crippen LogP contribution in [0.4, 0.5) is 16.2 Å². The van der Waals surface area contributed by atoms with E-state index in [4.69, 9.17) is 9.72 Å². The standard InChI is InChI=1S/C26H25N5O2/c1-26(2,3)24-28-17-22(23(31-24)18-9-5-4-6-10-18)30-25(32)29-19-11-7-12-20(15-19)33-21-13-8-14-27-16-21/h4-17H,1-3H3,(H2,29,30,32). The SMILES string of the molecule is CC(C)(C)c1ncc(NC(=O)Nc2cccc(Oc3cccnc3)c2)c(-c2ccccc2)n1. The monoisotopic (exact) mass is 439 g/mol. The molecule has 33 heavy (non-hydrogen) atoms. The van der Waals surface area contributed by atoms with Crippen LogP contribution in [-0.2, 0) is 5.41 Å². The molecule has 0 aliphatic heterocycles. The van der Waals surface area contributed by atoms with E-state index < -0.39 is 6.03 Å². The maximum atomic E-state index is 12.8. The highest BCUT2D eigenvalue weighted by Gasteiger charge is 2.20. The number of nitrogens with one attached hydrogen (secondary N) is 2. The lowest BCUT2D eigenvalue weighted by Gasteiger charge is -2.19. The zero-order chi connectivity index (χ0) is 23.3. The molecule has 0 unspecified atom stereocenters. The number of hydrogen-bond acceptors (Lipinski definition) is 5. The Labute approximate surface area is 192 Å². The Morgan fingerprint density at radius 3 is 2.39 bits per heavy atom. The zero-order valence-corrected chi connectivity index (χ0v) is 18.7. The van der Waals surface area contributed by atoms with Crippen LogP contribution in [0.25, 0.3) is 11.3 Å². The Balaban J connectivity index is 1.53. The first-order chi connectivity index (χ1) is 15.9. The van der Waals surface area contributed by atoms with Crippen LogP contribution in [0.3, 0.4) is 0 Å². The van der Waals surface area contributed by atoms with Crippen molar-refractivity contribution in [2.45, 2.75) is 26.2 Å². The van der Waals surface area contributed by atoms with Gasteiger partial charge in [-0.3, -0.25) is 4.98 Å². The van der Waals surface area contributed by atoms with E-state index in [9.17, 15) is 4.79 Å². The summed E-state index contributed by atoms with van der Waals surface area (Å²) in [5, 5.41) is 5.72. The first-order valence-corrected chi connectivity index (χ1v) is 10.6. The molecular formula is C26H25N5O2. The molecule has 2 aromatic heterocycles. The van der Waals surface area contributed by atoms with Gasteiger partial charge in [-0.05, 0) is 24.3 Å². The normalized spacial score (nSPS) is 11.0. The van der Waals surface area contributed by atoms with Crippen LogP contribution < -0.4 is 15.4 Å². The third-order valence-corrected chi connectivity index (χ3v) is 4.72. The van der Waals surface area contributed by atoms with E-state index in [0.29, 0.717) is 34.4 Å². The summed E-state index contributed by atoms with van der Waals surface area (Å²) in [5.74, 6) is 1.90. The molecule has 0 saturated carbocycles. The summed E-state index contributed by atoms with van der Waals surface area (Å²) in [6.07, 6.45) is 4.95. The Morgan fingerprint density at radius 1 is 0.879 bits per heavy atom. The van der Waals surface area contributed by atoms with E-state index in [-0.39, 0.29) is 5.41 Å². The fourth-order valence-corrected chi connectivity index (χ4v) is 3.12. The van der Waals surface area contributed by atoms with Crippen molar-refractivity contribution in [3.63, 3.8) is 0 Å². The average molecular weight is 440 g/mol. The largest absolute Gasteiger partial charge is 0.456 e. The molecular weight excluding hydrogens is 414 g/mol. The number of urea groups is 1. The second-order valence-electron chi connectivity index (χ2n) is 8.47. The highest BCUT2D eigenvalue weighted by molar-refractivity contribution is 6.01. The Kier molecular flexibility index (Phi) is 6.31. The summed E-state index contributed by atoms with van der Waals surface area (Å²) in [6.45, 7) is 6.16. The summed E-state index contributed by atoms with van der Waals surface area (Å²) < 4.78 is 5.79. The number of aromatic nitrogens is 3. The summed E-state index contributed by atoms with van der Waals surface area (Å²) in [7, 11) is 0. The molecule has 0 aliphatic rings. The Hall–Kier alpha value is -4.26. The van der Waals surface area contributed by atoms with Gasteiger partial charge in [0.25, 0.3) is 0 Å². The molecule has 2 aromatic carbocycles. The minimum atomic E-state index is -0.405. The molecule has 2 amide bonds. The van der Waals surface area contributed by atoms with Crippen LogP contribution >= 0.6 is 0 Å². The van der Waals surface area contributed by atoms with Crippen molar-refractivity contribution in [2.24, 2.45) is 0 Å². The van der Waals surface area contributed by atoms with Crippen LogP contribution in [0.5, 0.6) is 11.5 Å². The smallest absolute Gasteiger partial charge is 0.323 e. The molecule has 0 bridgehead atoms. The van der Waals surface area contributed by atoms with Gasteiger partial charge in [0.1, 0.15) is 17.3 Å². The second-order valence-corrected chi connectivity index (χ2v) is 8.47. The number of pyridine rings is 1. The second kappa shape index (κ2) is 9.48. The van der Waals surface area contributed by atoms with Crippen molar-refractivity contribution < 1.29 is 9.53 Å². The molecule has 4 aromatic rings. The van der Waals surface area contributed by atoms with Crippen LogP contribution in [0.15, 0.2) is 85.3 Å². The lowest BCUT2D eigenvalue weighted by Crippen LogP contribution is -2.22. The van der Waals surface area contributed by atoms with Crippen LogP contribution in [0.1, 0.15) is 26.6 Å². The van der Waals surface area contributed by atoms with E-state index in [2.05, 4.69) is 41.4 Å². The number of hydrogen-bond donors (Lipinski definition) is 2. The number of rotatable bonds is 5. The van der Waals surface area contributed by atoms with Gasteiger partial charge in [-0.25, -0.2) is 14.8 Å². The maximum Gasteiger partial charge on any atom is 0.323 e. The van der Waals surface area contributed by atoms with Gasteiger partial charge in [-0.15, -0.1) is 0 Å². The minimum absolute atomic E-state index is 0.223. The van der Waals surface area contributed by atoms with Crippen molar-refractivity contribution in [3.05, 3.63) is 91.1 Å². The van der Waals surface area contributed by atoms with Gasteiger partial charge in [0, 0.05) is 28.9 Å². The van der Waals surface area contributed by atoms with Crippen molar-refractivity contribution in [1.29, 1.82) is 0 Å². The van der Waals surface area contributed by atoms with E-state index in [0.717, 1.165) is 5.56 Å². The molecule has 4 rings (SSSR count). The highest BCUT2D eigenvalue weighted by atomic mass is 16.5. The highest BCUT2D eigenvalue weighted by Crippen LogP contribution is 2.29. The molecule has 0 saturated heterocycles. The number of ether oxygens (including phenoxy) is 1. The molecule has 0 aliphatic carbocycles. The molecule has 2 N–H and O–H groups in total. The maximum absolute atomic E-state index is 12.8. The summed E-state index contributed by atoms with van der Waals surface area (Å²) in [5.41, 5.74) is 2.45. The number of anilines is 2. The van der Waals surface area contributed by atoms with E-state index >= 15 is 0 Å². The minimum Gasteiger partial charge on any atom is -0.456 e. The van der Waals surface area contributed by atoms with E-state index in [1.54, 1.807) is 42.9 Å². The van der Waals surface area contributed by atoms with Crippen molar-refractivity contribution in [3.8, 4) is 22.8 Å². The van der Waals surface area contributed by atoms with Crippen LogP contribution in [0, 0.1) is 0 Å². The quantitative estimate of drug-likeness (QED) is 0.382. The summed E-state index contributed by atoms with van der Waals surface area (Å²) >= 11 is 0. The van der Waals surface area contributed by atoms with Gasteiger partial charge in [0.15, 0.2) is 0 Å². The first-order valence-electron chi connectivity index (χ1n) is 10.6. The predicted octanol–water partition coefficient (Wildman–Crippen LogP) is 6.27. The summed E-state index contributed by atoms with van der Waals surface area (Å²) in [6, 6.07) is 20.1. The molecule has 2 heterocycles. The van der Waals surface area contributed by atoms with Crippen molar-refractivity contribution in [2.75, 3.05) is 10.6 Å². The Morgan fingerprint density at radius 2 is 1.67 bits per heavy atom. The Bertz CT molecular complexity index is 1240. The van der Waals surface area contributed by atoms with E-state index in [1.807, 2.05) is 42.5 Å². The summed E-state index contributed by atoms with van der Waals surface area (Å²) in [4.78, 5) is 26.1. The van der Waals surface area contributed by atoms with Crippen LogP contribution in [0.2, 0.25) is 0 Å². The number of amides is 2. The average Bonchev–Trinajstić information content (AvgIpc) is 2.80. The first kappa shape index (κ1) is 22.0. The predicted molar refractivity (Wildman–Crippen MR) is 130 cm³/mol.